The van der Waals surface area contributed by atoms with Crippen molar-refractivity contribution in [3.8, 4) is 22.6 Å². The second kappa shape index (κ2) is 7.07. The third kappa shape index (κ3) is 3.31. The molecule has 0 unspecified atom stereocenters. The first-order valence-electron chi connectivity index (χ1n) is 10.3. The van der Waals surface area contributed by atoms with Crippen LogP contribution in [0, 0.1) is 0 Å². The van der Waals surface area contributed by atoms with E-state index in [1.165, 1.54) is 16.7 Å². The maximum absolute atomic E-state index is 13.3. The number of Topliss-reactive ketones (excluding diaryl/α,β-unsaturated/α-hetero) is 1. The lowest BCUT2D eigenvalue weighted by Gasteiger charge is -2.16. The lowest BCUT2D eigenvalue weighted by atomic mass is 9.87. The van der Waals surface area contributed by atoms with Crippen LogP contribution in [0.15, 0.2) is 66.7 Å². The molecule has 3 heteroatoms. The van der Waals surface area contributed by atoms with Gasteiger partial charge in [-0.25, -0.2) is 0 Å². The fraction of sp³-hybridized carbons (Fsp3) is 0.269. The summed E-state index contributed by atoms with van der Waals surface area (Å²) in [5, 5.41) is 0. The molecule has 1 fully saturated rings. The fourth-order valence-electron chi connectivity index (χ4n) is 4.23. The zero-order valence-electron chi connectivity index (χ0n) is 16.6. The number of aryl methyl sites for hydroxylation is 1. The molecule has 0 bridgehead atoms. The third-order valence-corrected chi connectivity index (χ3v) is 6.17. The molecule has 1 aliphatic heterocycles. The van der Waals surface area contributed by atoms with Crippen molar-refractivity contribution in [2.24, 2.45) is 0 Å². The van der Waals surface area contributed by atoms with E-state index in [0.717, 1.165) is 41.9 Å². The molecule has 146 valence electrons. The molecule has 0 atom stereocenters. The Balaban J connectivity index is 1.38. The van der Waals surface area contributed by atoms with Gasteiger partial charge in [-0.1, -0.05) is 61.5 Å². The van der Waals surface area contributed by atoms with Gasteiger partial charge >= 0.3 is 0 Å². The molecule has 1 aliphatic carbocycles. The van der Waals surface area contributed by atoms with Crippen molar-refractivity contribution in [3.05, 3.63) is 83.4 Å². The van der Waals surface area contributed by atoms with E-state index in [-0.39, 0.29) is 18.0 Å². The van der Waals surface area contributed by atoms with Crippen LogP contribution >= 0.6 is 0 Å². The quantitative estimate of drug-likeness (QED) is 0.564. The molecular weight excluding hydrogens is 360 g/mol. The Kier molecular flexibility index (Phi) is 4.39. The van der Waals surface area contributed by atoms with Crippen molar-refractivity contribution in [3.63, 3.8) is 0 Å². The maximum atomic E-state index is 13.3. The van der Waals surface area contributed by atoms with Crippen LogP contribution in [0.3, 0.4) is 0 Å². The molecule has 0 saturated heterocycles. The number of hydrogen-bond donors (Lipinski definition) is 0. The van der Waals surface area contributed by atoms with Gasteiger partial charge in [-0.15, -0.1) is 0 Å². The molecule has 5 rings (SSSR count). The van der Waals surface area contributed by atoms with Gasteiger partial charge in [0.05, 0.1) is 5.41 Å². The van der Waals surface area contributed by atoms with E-state index >= 15 is 0 Å². The van der Waals surface area contributed by atoms with Crippen molar-refractivity contribution < 1.29 is 14.3 Å². The van der Waals surface area contributed by atoms with Crippen LogP contribution in [0.4, 0.5) is 0 Å². The SMILES string of the molecule is CCc1cccc(-c2cccc(CC(=O)C3(c4ccc5c(c4)OCO5)CC3)c2)c1. The van der Waals surface area contributed by atoms with Crippen LogP contribution in [-0.4, -0.2) is 12.6 Å². The van der Waals surface area contributed by atoms with Crippen LogP contribution in [0.5, 0.6) is 11.5 Å². The summed E-state index contributed by atoms with van der Waals surface area (Å²) in [6.07, 6.45) is 3.28. The van der Waals surface area contributed by atoms with Gasteiger partial charge in [0.2, 0.25) is 6.79 Å². The average Bonchev–Trinajstić information content (AvgIpc) is 3.45. The monoisotopic (exact) mass is 384 g/mol. The van der Waals surface area contributed by atoms with Crippen LogP contribution in [-0.2, 0) is 23.1 Å². The number of fused-ring (bicyclic) bond motifs is 1. The first-order chi connectivity index (χ1) is 14.2. The summed E-state index contributed by atoms with van der Waals surface area (Å²) < 4.78 is 10.9. The minimum absolute atomic E-state index is 0.256. The average molecular weight is 384 g/mol. The number of carbonyl (C=O) groups is 1. The summed E-state index contributed by atoms with van der Waals surface area (Å²) in [5.41, 5.74) is 5.46. The van der Waals surface area contributed by atoms with Crippen LogP contribution in [0.25, 0.3) is 11.1 Å². The number of hydrogen-bond acceptors (Lipinski definition) is 3. The highest BCUT2D eigenvalue weighted by Crippen LogP contribution is 2.51. The van der Waals surface area contributed by atoms with E-state index < -0.39 is 0 Å². The zero-order chi connectivity index (χ0) is 19.8. The predicted molar refractivity (Wildman–Crippen MR) is 113 cm³/mol. The van der Waals surface area contributed by atoms with Gasteiger partial charge in [0, 0.05) is 6.42 Å². The summed E-state index contributed by atoms with van der Waals surface area (Å²) in [6, 6.07) is 22.9. The molecule has 3 nitrogen and oxygen atoms in total. The number of carbonyl (C=O) groups excluding carboxylic acids is 1. The van der Waals surface area contributed by atoms with Gasteiger partial charge in [-0.3, -0.25) is 4.79 Å². The fourth-order valence-corrected chi connectivity index (χ4v) is 4.23. The van der Waals surface area contributed by atoms with Crippen molar-refractivity contribution in [2.75, 3.05) is 6.79 Å². The van der Waals surface area contributed by atoms with Crippen molar-refractivity contribution in [1.82, 2.24) is 0 Å². The Morgan fingerprint density at radius 1 is 0.862 bits per heavy atom. The standard InChI is InChI=1S/C26H24O3/c1-2-18-5-3-7-20(13-18)21-8-4-6-19(14-21)15-25(27)26(11-12-26)22-9-10-23-24(16-22)29-17-28-23/h3-10,13-14,16H,2,11-12,15,17H2,1H3. The Morgan fingerprint density at radius 2 is 1.55 bits per heavy atom. The molecular formula is C26H24O3. The number of rotatable bonds is 6. The van der Waals surface area contributed by atoms with Crippen LogP contribution in [0.1, 0.15) is 36.5 Å². The molecule has 1 heterocycles. The summed E-state index contributed by atoms with van der Waals surface area (Å²) in [5.74, 6) is 1.80. The highest BCUT2D eigenvalue weighted by Gasteiger charge is 2.50. The molecule has 0 amide bonds. The summed E-state index contributed by atoms with van der Waals surface area (Å²) in [6.45, 7) is 2.42. The summed E-state index contributed by atoms with van der Waals surface area (Å²) in [4.78, 5) is 13.3. The Morgan fingerprint density at radius 3 is 2.28 bits per heavy atom. The largest absolute Gasteiger partial charge is 0.454 e. The topological polar surface area (TPSA) is 35.5 Å². The minimum atomic E-state index is -0.362. The van der Waals surface area contributed by atoms with Gasteiger partial charge in [0.25, 0.3) is 0 Å². The molecule has 2 aliphatic rings. The first kappa shape index (κ1) is 18.0. The van der Waals surface area contributed by atoms with Gasteiger partial charge in [-0.2, -0.15) is 0 Å². The second-order valence-corrected chi connectivity index (χ2v) is 8.00. The van der Waals surface area contributed by atoms with Crippen molar-refractivity contribution in [1.29, 1.82) is 0 Å². The summed E-state index contributed by atoms with van der Waals surface area (Å²) in [7, 11) is 0. The first-order valence-corrected chi connectivity index (χ1v) is 10.3. The number of benzene rings is 3. The van der Waals surface area contributed by atoms with Gasteiger partial charge in [0.15, 0.2) is 11.5 Å². The van der Waals surface area contributed by atoms with Crippen molar-refractivity contribution >= 4 is 5.78 Å². The van der Waals surface area contributed by atoms with E-state index in [1.807, 2.05) is 18.2 Å². The second-order valence-electron chi connectivity index (χ2n) is 8.00. The zero-order valence-corrected chi connectivity index (χ0v) is 16.6. The maximum Gasteiger partial charge on any atom is 0.231 e. The number of ether oxygens (including phenoxy) is 2. The van der Waals surface area contributed by atoms with Gasteiger partial charge < -0.3 is 9.47 Å². The Labute approximate surface area is 171 Å². The normalized spacial score (nSPS) is 15.9. The molecule has 3 aromatic carbocycles. The molecule has 0 radical (unpaired) electrons. The van der Waals surface area contributed by atoms with Crippen LogP contribution in [0.2, 0.25) is 0 Å². The van der Waals surface area contributed by atoms with Gasteiger partial charge in [0.1, 0.15) is 5.78 Å². The Bertz CT molecular complexity index is 1080. The predicted octanol–water partition coefficient (Wildman–Crippen LogP) is 5.49. The third-order valence-electron chi connectivity index (χ3n) is 6.17. The lowest BCUT2D eigenvalue weighted by molar-refractivity contribution is -0.120. The molecule has 0 aromatic heterocycles. The highest BCUT2D eigenvalue weighted by molar-refractivity contribution is 5.95. The van der Waals surface area contributed by atoms with Crippen LogP contribution < -0.4 is 9.47 Å². The molecule has 0 N–H and O–H groups in total. The Hall–Kier alpha value is -3.07. The van der Waals surface area contributed by atoms with E-state index in [1.54, 1.807) is 0 Å². The van der Waals surface area contributed by atoms with E-state index in [9.17, 15) is 4.79 Å². The lowest BCUT2D eigenvalue weighted by Crippen LogP contribution is -2.22. The molecule has 0 spiro atoms. The van der Waals surface area contributed by atoms with E-state index in [0.29, 0.717) is 6.42 Å². The highest BCUT2D eigenvalue weighted by atomic mass is 16.7. The summed E-state index contributed by atoms with van der Waals surface area (Å²) >= 11 is 0. The van der Waals surface area contributed by atoms with E-state index in [2.05, 4.69) is 55.5 Å². The van der Waals surface area contributed by atoms with Crippen molar-refractivity contribution in [2.45, 2.75) is 38.0 Å². The van der Waals surface area contributed by atoms with E-state index in [4.69, 9.17) is 9.47 Å². The number of ketones is 1. The molecule has 1 saturated carbocycles. The molecule has 29 heavy (non-hydrogen) atoms. The minimum Gasteiger partial charge on any atom is -0.454 e. The van der Waals surface area contributed by atoms with Gasteiger partial charge in [-0.05, 0) is 59.2 Å². The smallest absolute Gasteiger partial charge is 0.231 e. The molecule has 3 aromatic rings.